The fraction of sp³-hybridized carbons (Fsp3) is 0.688. The molecule has 1 fully saturated rings. The van der Waals surface area contributed by atoms with E-state index < -0.39 is 0 Å². The van der Waals surface area contributed by atoms with Gasteiger partial charge in [-0.1, -0.05) is 19.4 Å². The minimum atomic E-state index is 0. The van der Waals surface area contributed by atoms with Crippen LogP contribution >= 0.6 is 12.4 Å². The lowest BCUT2D eigenvalue weighted by Gasteiger charge is -2.31. The number of pyridine rings is 1. The van der Waals surface area contributed by atoms with Crippen molar-refractivity contribution < 1.29 is 0 Å². The predicted molar refractivity (Wildman–Crippen MR) is 89.0 cm³/mol. The third kappa shape index (κ3) is 4.95. The lowest BCUT2D eigenvalue weighted by molar-refractivity contribution is 0.233. The first kappa shape index (κ1) is 17.3. The van der Waals surface area contributed by atoms with Gasteiger partial charge in [-0.15, -0.1) is 12.4 Å². The van der Waals surface area contributed by atoms with Crippen molar-refractivity contribution >= 4 is 18.2 Å². The maximum Gasteiger partial charge on any atom is 0.131 e. The van der Waals surface area contributed by atoms with Gasteiger partial charge in [-0.25, -0.2) is 4.98 Å². The Morgan fingerprint density at radius 1 is 1.20 bits per heavy atom. The molecule has 1 aliphatic rings. The molecule has 2 rings (SSSR count). The normalized spacial score (nSPS) is 15.7. The number of nitrogens with zero attached hydrogens (tertiary/aromatic N) is 3. The van der Waals surface area contributed by atoms with Gasteiger partial charge < -0.3 is 9.80 Å². The molecule has 0 N–H and O–H groups in total. The summed E-state index contributed by atoms with van der Waals surface area (Å²) in [6, 6.07) is 4.18. The fourth-order valence-corrected chi connectivity index (χ4v) is 2.85. The van der Waals surface area contributed by atoms with Crippen molar-refractivity contribution in [3.8, 4) is 0 Å². The highest BCUT2D eigenvalue weighted by Crippen LogP contribution is 2.16. The first-order valence-electron chi connectivity index (χ1n) is 7.70. The molecule has 1 aromatic rings. The minimum absolute atomic E-state index is 0. The fourth-order valence-electron chi connectivity index (χ4n) is 2.85. The van der Waals surface area contributed by atoms with E-state index in [9.17, 15) is 0 Å². The third-order valence-electron chi connectivity index (χ3n) is 3.91. The molecule has 1 saturated heterocycles. The summed E-state index contributed by atoms with van der Waals surface area (Å²) in [5, 5.41) is 0. The van der Waals surface area contributed by atoms with Gasteiger partial charge in [-0.3, -0.25) is 0 Å². The Labute approximate surface area is 129 Å². The smallest absolute Gasteiger partial charge is 0.131 e. The molecule has 2 heterocycles. The summed E-state index contributed by atoms with van der Waals surface area (Å²) in [7, 11) is 0. The maximum absolute atomic E-state index is 4.57. The van der Waals surface area contributed by atoms with E-state index in [4.69, 9.17) is 0 Å². The van der Waals surface area contributed by atoms with Gasteiger partial charge in [0.1, 0.15) is 5.82 Å². The Bertz CT molecular complexity index is 378. The van der Waals surface area contributed by atoms with Gasteiger partial charge in [0.2, 0.25) is 0 Å². The zero-order valence-electron chi connectivity index (χ0n) is 12.8. The highest BCUT2D eigenvalue weighted by molar-refractivity contribution is 5.85. The Morgan fingerprint density at radius 2 is 1.95 bits per heavy atom. The van der Waals surface area contributed by atoms with Gasteiger partial charge in [0, 0.05) is 25.8 Å². The molecule has 0 bridgehead atoms. The van der Waals surface area contributed by atoms with Crippen molar-refractivity contribution in [3.63, 3.8) is 0 Å². The molecule has 0 aliphatic carbocycles. The number of likely N-dealkylation sites (tertiary alicyclic amines) is 1. The minimum Gasteiger partial charge on any atom is -0.355 e. The Balaban J connectivity index is 0.00000200. The summed E-state index contributed by atoms with van der Waals surface area (Å²) in [4.78, 5) is 9.62. The average molecular weight is 298 g/mol. The van der Waals surface area contributed by atoms with Crippen molar-refractivity contribution in [2.45, 2.75) is 39.5 Å². The molecule has 0 atom stereocenters. The molecule has 0 saturated carbocycles. The molecule has 1 aromatic heterocycles. The largest absolute Gasteiger partial charge is 0.355 e. The molecular weight excluding hydrogens is 270 g/mol. The summed E-state index contributed by atoms with van der Waals surface area (Å²) in [5.41, 5.74) is 1.29. The summed E-state index contributed by atoms with van der Waals surface area (Å²) < 4.78 is 0. The van der Waals surface area contributed by atoms with E-state index in [1.54, 1.807) is 0 Å². The number of rotatable bonds is 6. The zero-order chi connectivity index (χ0) is 13.5. The van der Waals surface area contributed by atoms with E-state index in [-0.39, 0.29) is 12.4 Å². The van der Waals surface area contributed by atoms with Crippen LogP contribution in [0.2, 0.25) is 0 Å². The maximum atomic E-state index is 4.57. The van der Waals surface area contributed by atoms with Gasteiger partial charge in [0.15, 0.2) is 0 Å². The zero-order valence-corrected chi connectivity index (χ0v) is 13.7. The van der Waals surface area contributed by atoms with Crippen molar-refractivity contribution in [2.24, 2.45) is 0 Å². The molecule has 0 aromatic carbocycles. The number of anilines is 1. The van der Waals surface area contributed by atoms with Crippen molar-refractivity contribution in [3.05, 3.63) is 23.9 Å². The second-order valence-corrected chi connectivity index (χ2v) is 5.53. The van der Waals surface area contributed by atoms with E-state index >= 15 is 0 Å². The van der Waals surface area contributed by atoms with E-state index in [0.29, 0.717) is 0 Å². The summed E-state index contributed by atoms with van der Waals surface area (Å²) in [6.07, 6.45) is 7.24. The lowest BCUT2D eigenvalue weighted by Crippen LogP contribution is -2.38. The lowest BCUT2D eigenvalue weighted by atomic mass is 10.1. The van der Waals surface area contributed by atoms with Crippen LogP contribution < -0.4 is 4.90 Å². The van der Waals surface area contributed by atoms with Gasteiger partial charge in [0.25, 0.3) is 0 Å². The van der Waals surface area contributed by atoms with Crippen LogP contribution in [0.1, 0.15) is 38.2 Å². The van der Waals surface area contributed by atoms with Crippen molar-refractivity contribution in [2.75, 3.05) is 37.6 Å². The van der Waals surface area contributed by atoms with Gasteiger partial charge in [-0.2, -0.15) is 0 Å². The van der Waals surface area contributed by atoms with E-state index in [2.05, 4.69) is 34.7 Å². The van der Waals surface area contributed by atoms with Crippen LogP contribution in [-0.2, 0) is 0 Å². The standard InChI is InChI=1S/C16H27N3.ClH/c1-3-10-19(16-15(2)8-7-9-17-16)14-13-18-11-5-4-6-12-18;/h7-9H,3-6,10-14H2,1-2H3;1H. The van der Waals surface area contributed by atoms with Crippen LogP contribution in [-0.4, -0.2) is 42.6 Å². The number of halogens is 1. The first-order chi connectivity index (χ1) is 9.31. The first-order valence-corrected chi connectivity index (χ1v) is 7.70. The van der Waals surface area contributed by atoms with Crippen LogP contribution in [0.5, 0.6) is 0 Å². The van der Waals surface area contributed by atoms with Crippen LogP contribution in [0.4, 0.5) is 5.82 Å². The monoisotopic (exact) mass is 297 g/mol. The SMILES string of the molecule is CCCN(CCN1CCCCC1)c1ncccc1C.Cl. The van der Waals surface area contributed by atoms with Crippen LogP contribution in [0.25, 0.3) is 0 Å². The molecule has 3 nitrogen and oxygen atoms in total. The molecule has 114 valence electrons. The number of hydrogen-bond acceptors (Lipinski definition) is 3. The van der Waals surface area contributed by atoms with Gasteiger partial charge >= 0.3 is 0 Å². The third-order valence-corrected chi connectivity index (χ3v) is 3.91. The van der Waals surface area contributed by atoms with Crippen LogP contribution in [0.15, 0.2) is 18.3 Å². The summed E-state index contributed by atoms with van der Waals surface area (Å²) in [5.74, 6) is 1.17. The molecule has 0 amide bonds. The van der Waals surface area contributed by atoms with Crippen molar-refractivity contribution in [1.82, 2.24) is 9.88 Å². The number of hydrogen-bond donors (Lipinski definition) is 0. The molecule has 0 spiro atoms. The highest BCUT2D eigenvalue weighted by Gasteiger charge is 2.13. The number of aryl methyl sites for hydroxylation is 1. The van der Waals surface area contributed by atoms with Crippen LogP contribution in [0.3, 0.4) is 0 Å². The van der Waals surface area contributed by atoms with E-state index in [1.165, 1.54) is 56.7 Å². The van der Waals surface area contributed by atoms with E-state index in [1.807, 2.05) is 12.3 Å². The molecule has 1 aliphatic heterocycles. The Hall–Kier alpha value is -0.800. The molecule has 4 heteroatoms. The summed E-state index contributed by atoms with van der Waals surface area (Å²) >= 11 is 0. The van der Waals surface area contributed by atoms with E-state index in [0.717, 1.165) is 13.1 Å². The second-order valence-electron chi connectivity index (χ2n) is 5.53. The average Bonchev–Trinajstić information content (AvgIpc) is 2.45. The second kappa shape index (κ2) is 9.19. The highest BCUT2D eigenvalue weighted by atomic mass is 35.5. The topological polar surface area (TPSA) is 19.4 Å². The summed E-state index contributed by atoms with van der Waals surface area (Å²) in [6.45, 7) is 10.3. The van der Waals surface area contributed by atoms with Crippen molar-refractivity contribution in [1.29, 1.82) is 0 Å². The quantitative estimate of drug-likeness (QED) is 0.801. The number of aromatic nitrogens is 1. The molecular formula is C16H28ClN3. The van der Waals surface area contributed by atoms with Gasteiger partial charge in [-0.05, 0) is 50.9 Å². The Morgan fingerprint density at radius 3 is 2.60 bits per heavy atom. The predicted octanol–water partition coefficient (Wildman–Crippen LogP) is 3.51. The Kier molecular flexibility index (Phi) is 7.93. The van der Waals surface area contributed by atoms with Crippen LogP contribution in [0, 0.1) is 6.92 Å². The van der Waals surface area contributed by atoms with Gasteiger partial charge in [0.05, 0.1) is 0 Å². The molecule has 0 radical (unpaired) electrons. The molecule has 0 unspecified atom stereocenters. The number of piperidine rings is 1. The molecule has 20 heavy (non-hydrogen) atoms.